The summed E-state index contributed by atoms with van der Waals surface area (Å²) in [6.45, 7) is 0. The first-order valence-electron chi connectivity index (χ1n) is 3.96. The van der Waals surface area contributed by atoms with Crippen molar-refractivity contribution >= 4 is 29.3 Å². The summed E-state index contributed by atoms with van der Waals surface area (Å²) >= 11 is 3.22. The minimum atomic E-state index is -0.0331. The Labute approximate surface area is 87.4 Å². The number of ketones is 1. The highest BCUT2D eigenvalue weighted by Gasteiger charge is 2.12. The highest BCUT2D eigenvalue weighted by molar-refractivity contribution is 8.21. The van der Waals surface area contributed by atoms with Crippen LogP contribution >= 0.6 is 23.5 Å². The first-order chi connectivity index (χ1) is 6.27. The van der Waals surface area contributed by atoms with Crippen molar-refractivity contribution in [2.75, 3.05) is 12.5 Å². The fourth-order valence-corrected chi connectivity index (χ4v) is 2.17. The van der Waals surface area contributed by atoms with E-state index < -0.39 is 0 Å². The quantitative estimate of drug-likeness (QED) is 0.667. The molecule has 0 aliphatic heterocycles. The average Bonchev–Trinajstić information content (AvgIpc) is 2.66. The summed E-state index contributed by atoms with van der Waals surface area (Å²) in [6.07, 6.45) is 13.3. The Hall–Kier alpha value is -0.410. The van der Waals surface area contributed by atoms with Crippen LogP contribution in [0, 0.1) is 5.92 Å². The lowest BCUT2D eigenvalue weighted by Gasteiger charge is -2.01. The Kier molecular flexibility index (Phi) is 4.39. The summed E-state index contributed by atoms with van der Waals surface area (Å²) in [5.74, 6) is 0.137. The molecule has 13 heavy (non-hydrogen) atoms. The molecule has 1 nitrogen and oxygen atoms in total. The maximum atomic E-state index is 11.6. The van der Waals surface area contributed by atoms with Gasteiger partial charge in [0.2, 0.25) is 0 Å². The SMILES string of the molecule is CSC(=CC(=O)C1C=CC=C1)SC. The van der Waals surface area contributed by atoms with E-state index in [1.54, 1.807) is 29.6 Å². The fraction of sp³-hybridized carbons (Fsp3) is 0.300. The van der Waals surface area contributed by atoms with E-state index in [4.69, 9.17) is 0 Å². The summed E-state index contributed by atoms with van der Waals surface area (Å²) in [6, 6.07) is 0. The van der Waals surface area contributed by atoms with Crippen LogP contribution in [-0.2, 0) is 4.79 Å². The van der Waals surface area contributed by atoms with Gasteiger partial charge in [-0.1, -0.05) is 24.3 Å². The van der Waals surface area contributed by atoms with Crippen molar-refractivity contribution in [2.24, 2.45) is 5.92 Å². The number of rotatable bonds is 4. The molecule has 0 bridgehead atoms. The second-order valence-corrected chi connectivity index (χ2v) is 4.52. The minimum Gasteiger partial charge on any atom is -0.294 e. The molecule has 0 atom stereocenters. The molecule has 0 aromatic heterocycles. The van der Waals surface area contributed by atoms with Crippen molar-refractivity contribution in [1.82, 2.24) is 0 Å². The maximum Gasteiger partial charge on any atom is 0.167 e. The molecule has 70 valence electrons. The van der Waals surface area contributed by atoms with Gasteiger partial charge in [0.1, 0.15) is 0 Å². The van der Waals surface area contributed by atoms with Crippen molar-refractivity contribution in [2.45, 2.75) is 0 Å². The van der Waals surface area contributed by atoms with Crippen LogP contribution in [0.4, 0.5) is 0 Å². The predicted molar refractivity (Wildman–Crippen MR) is 61.9 cm³/mol. The summed E-state index contributed by atoms with van der Waals surface area (Å²) in [4.78, 5) is 11.6. The molecule has 0 heterocycles. The van der Waals surface area contributed by atoms with Crippen LogP contribution in [-0.4, -0.2) is 18.3 Å². The molecule has 1 aliphatic rings. The van der Waals surface area contributed by atoms with E-state index in [1.165, 1.54) is 0 Å². The molecular formula is C10H12OS2. The Bertz CT molecular complexity index is 259. The molecular weight excluding hydrogens is 200 g/mol. The van der Waals surface area contributed by atoms with E-state index in [-0.39, 0.29) is 11.7 Å². The lowest BCUT2D eigenvalue weighted by atomic mass is 10.1. The second-order valence-electron chi connectivity index (χ2n) is 2.57. The molecule has 1 rings (SSSR count). The van der Waals surface area contributed by atoms with Gasteiger partial charge < -0.3 is 0 Å². The van der Waals surface area contributed by atoms with Crippen LogP contribution in [0.25, 0.3) is 0 Å². The Morgan fingerprint density at radius 2 is 1.77 bits per heavy atom. The van der Waals surface area contributed by atoms with E-state index >= 15 is 0 Å². The molecule has 0 saturated heterocycles. The van der Waals surface area contributed by atoms with Crippen LogP contribution in [0.15, 0.2) is 34.6 Å². The molecule has 3 heteroatoms. The highest BCUT2D eigenvalue weighted by Crippen LogP contribution is 2.24. The van der Waals surface area contributed by atoms with Gasteiger partial charge in [0, 0.05) is 10.3 Å². The monoisotopic (exact) mass is 212 g/mol. The zero-order valence-corrected chi connectivity index (χ0v) is 9.32. The molecule has 0 N–H and O–H groups in total. The van der Waals surface area contributed by atoms with E-state index in [1.807, 2.05) is 36.8 Å². The van der Waals surface area contributed by atoms with Crippen LogP contribution < -0.4 is 0 Å². The normalized spacial score (nSPS) is 14.9. The van der Waals surface area contributed by atoms with Crippen molar-refractivity contribution in [3.63, 3.8) is 0 Å². The third kappa shape index (κ3) is 3.08. The molecule has 0 saturated carbocycles. The van der Waals surface area contributed by atoms with Crippen LogP contribution in [0.2, 0.25) is 0 Å². The van der Waals surface area contributed by atoms with Crippen LogP contribution in [0.1, 0.15) is 0 Å². The van der Waals surface area contributed by atoms with Gasteiger partial charge in [-0.25, -0.2) is 0 Å². The molecule has 0 fully saturated rings. The van der Waals surface area contributed by atoms with Gasteiger partial charge >= 0.3 is 0 Å². The number of thioether (sulfide) groups is 2. The summed E-state index contributed by atoms with van der Waals surface area (Å²) in [7, 11) is 0. The van der Waals surface area contributed by atoms with Gasteiger partial charge in [0.05, 0.1) is 5.92 Å². The van der Waals surface area contributed by atoms with E-state index in [2.05, 4.69) is 0 Å². The zero-order chi connectivity index (χ0) is 9.68. The summed E-state index contributed by atoms with van der Waals surface area (Å²) in [5.41, 5.74) is 0. The van der Waals surface area contributed by atoms with E-state index in [0.717, 1.165) is 4.24 Å². The number of carbonyl (C=O) groups is 1. The van der Waals surface area contributed by atoms with Crippen molar-refractivity contribution in [3.8, 4) is 0 Å². The van der Waals surface area contributed by atoms with Crippen LogP contribution in [0.3, 0.4) is 0 Å². The summed E-state index contributed by atoms with van der Waals surface area (Å²) in [5, 5.41) is 0. The number of hydrogen-bond acceptors (Lipinski definition) is 3. The van der Waals surface area contributed by atoms with Gasteiger partial charge in [-0.3, -0.25) is 4.79 Å². The average molecular weight is 212 g/mol. The lowest BCUT2D eigenvalue weighted by Crippen LogP contribution is -2.04. The minimum absolute atomic E-state index is 0.0331. The van der Waals surface area contributed by atoms with E-state index in [0.29, 0.717) is 0 Å². The van der Waals surface area contributed by atoms with Gasteiger partial charge in [0.25, 0.3) is 0 Å². The fourth-order valence-electron chi connectivity index (χ4n) is 1.04. The molecule has 1 aliphatic carbocycles. The van der Waals surface area contributed by atoms with Gasteiger partial charge in [0.15, 0.2) is 5.78 Å². The molecule has 0 amide bonds. The molecule has 0 spiro atoms. The second kappa shape index (κ2) is 5.35. The van der Waals surface area contributed by atoms with Crippen LogP contribution in [0.5, 0.6) is 0 Å². The topological polar surface area (TPSA) is 17.1 Å². The first-order valence-corrected chi connectivity index (χ1v) is 6.41. The van der Waals surface area contributed by atoms with E-state index in [9.17, 15) is 4.79 Å². The number of hydrogen-bond donors (Lipinski definition) is 0. The molecule has 0 unspecified atom stereocenters. The zero-order valence-electron chi connectivity index (χ0n) is 7.69. The molecule has 0 aromatic rings. The summed E-state index contributed by atoms with van der Waals surface area (Å²) < 4.78 is 1.07. The number of carbonyl (C=O) groups excluding carboxylic acids is 1. The van der Waals surface area contributed by atoms with Crippen molar-refractivity contribution in [3.05, 3.63) is 34.6 Å². The predicted octanol–water partition coefficient (Wildman–Crippen LogP) is 2.87. The van der Waals surface area contributed by atoms with Gasteiger partial charge in [-0.2, -0.15) is 0 Å². The Balaban J connectivity index is 2.62. The smallest absolute Gasteiger partial charge is 0.167 e. The van der Waals surface area contributed by atoms with Crippen molar-refractivity contribution < 1.29 is 4.79 Å². The molecule has 0 aromatic carbocycles. The third-order valence-corrected chi connectivity index (χ3v) is 3.78. The highest BCUT2D eigenvalue weighted by atomic mass is 32.2. The Morgan fingerprint density at radius 3 is 2.23 bits per heavy atom. The third-order valence-electron chi connectivity index (χ3n) is 1.74. The standard InChI is InChI=1S/C10H12OS2/c1-12-10(13-2)7-9(11)8-5-3-4-6-8/h3-8H,1-2H3. The largest absolute Gasteiger partial charge is 0.294 e. The maximum absolute atomic E-state index is 11.6. The Morgan fingerprint density at radius 1 is 1.23 bits per heavy atom. The van der Waals surface area contributed by atoms with Crippen molar-refractivity contribution in [1.29, 1.82) is 0 Å². The molecule has 0 radical (unpaired) electrons. The number of allylic oxidation sites excluding steroid dienone is 5. The first kappa shape index (κ1) is 10.7. The van der Waals surface area contributed by atoms with Gasteiger partial charge in [-0.15, -0.1) is 23.5 Å². The lowest BCUT2D eigenvalue weighted by molar-refractivity contribution is -0.115. The van der Waals surface area contributed by atoms with Gasteiger partial charge in [-0.05, 0) is 12.5 Å².